The molecule has 0 aliphatic heterocycles. The van der Waals surface area contributed by atoms with E-state index in [0.717, 1.165) is 5.56 Å². The van der Waals surface area contributed by atoms with Crippen molar-refractivity contribution >= 4 is 5.91 Å². The lowest BCUT2D eigenvalue weighted by Gasteiger charge is -2.18. The molecule has 0 saturated heterocycles. The first kappa shape index (κ1) is 16.0. The molecule has 3 N–H and O–H groups in total. The van der Waals surface area contributed by atoms with Crippen LogP contribution < -0.4 is 10.9 Å². The maximum Gasteiger partial charge on any atom is 0.260 e. The first-order chi connectivity index (χ1) is 10.5. The molecule has 2 aromatic rings. The minimum Gasteiger partial charge on any atom is -0.388 e. The largest absolute Gasteiger partial charge is 0.388 e. The number of pyridine rings is 1. The number of aromatic nitrogens is 1. The Bertz CT molecular complexity index is 695. The molecule has 2 unspecified atom stereocenters. The number of aliphatic hydroxyl groups is 1. The molecule has 1 amide bonds. The molecule has 0 spiro atoms. The predicted octanol–water partition coefficient (Wildman–Crippen LogP) is 1.93. The Morgan fingerprint density at radius 1 is 1.23 bits per heavy atom. The van der Waals surface area contributed by atoms with Gasteiger partial charge in [0.2, 0.25) is 0 Å². The van der Waals surface area contributed by atoms with Crippen LogP contribution in [0.15, 0.2) is 47.3 Å². The smallest absolute Gasteiger partial charge is 0.260 e. The standard InChI is InChI=1S/C17H20N2O3/c1-11-8-9-14(16(21)18-11)17(22)19-12(2)10-15(20)13-6-4-3-5-7-13/h3-9,12,15,20H,10H2,1-2H3,(H,18,21)(H,19,22). The van der Waals surface area contributed by atoms with Crippen LogP contribution in [-0.2, 0) is 0 Å². The molecule has 116 valence electrons. The number of benzene rings is 1. The Labute approximate surface area is 129 Å². The van der Waals surface area contributed by atoms with Gasteiger partial charge in [0.25, 0.3) is 11.5 Å². The van der Waals surface area contributed by atoms with E-state index in [0.29, 0.717) is 12.1 Å². The fourth-order valence-electron chi connectivity index (χ4n) is 2.26. The molecule has 0 fully saturated rings. The third-order valence-corrected chi connectivity index (χ3v) is 3.44. The van der Waals surface area contributed by atoms with Gasteiger partial charge in [-0.3, -0.25) is 9.59 Å². The number of amides is 1. The lowest BCUT2D eigenvalue weighted by Crippen LogP contribution is -2.36. The number of aliphatic hydroxyl groups excluding tert-OH is 1. The summed E-state index contributed by atoms with van der Waals surface area (Å²) >= 11 is 0. The number of carbonyl (C=O) groups excluding carboxylic acids is 1. The number of rotatable bonds is 5. The number of carbonyl (C=O) groups is 1. The lowest BCUT2D eigenvalue weighted by molar-refractivity contribution is 0.0915. The average Bonchev–Trinajstić information content (AvgIpc) is 2.47. The first-order valence-corrected chi connectivity index (χ1v) is 7.21. The number of aromatic amines is 1. The van der Waals surface area contributed by atoms with E-state index >= 15 is 0 Å². The summed E-state index contributed by atoms with van der Waals surface area (Å²) < 4.78 is 0. The number of nitrogens with one attached hydrogen (secondary N) is 2. The van der Waals surface area contributed by atoms with E-state index in [4.69, 9.17) is 0 Å². The maximum atomic E-state index is 12.1. The van der Waals surface area contributed by atoms with Crippen molar-refractivity contribution in [2.24, 2.45) is 0 Å². The van der Waals surface area contributed by atoms with Gasteiger partial charge >= 0.3 is 0 Å². The molecule has 1 heterocycles. The van der Waals surface area contributed by atoms with Gasteiger partial charge in [0.05, 0.1) is 6.10 Å². The second-order valence-electron chi connectivity index (χ2n) is 5.42. The van der Waals surface area contributed by atoms with Crippen LogP contribution in [0.1, 0.15) is 41.1 Å². The van der Waals surface area contributed by atoms with Crippen molar-refractivity contribution in [1.29, 1.82) is 0 Å². The first-order valence-electron chi connectivity index (χ1n) is 7.21. The fraction of sp³-hybridized carbons (Fsp3) is 0.294. The highest BCUT2D eigenvalue weighted by atomic mass is 16.3. The minimum absolute atomic E-state index is 0.0756. The second-order valence-corrected chi connectivity index (χ2v) is 5.42. The van der Waals surface area contributed by atoms with E-state index in [-0.39, 0.29) is 11.6 Å². The Balaban J connectivity index is 1.98. The van der Waals surface area contributed by atoms with E-state index < -0.39 is 17.6 Å². The molecule has 1 aromatic heterocycles. The van der Waals surface area contributed by atoms with E-state index in [2.05, 4.69) is 10.3 Å². The van der Waals surface area contributed by atoms with Crippen molar-refractivity contribution in [3.05, 3.63) is 69.6 Å². The summed E-state index contributed by atoms with van der Waals surface area (Å²) in [7, 11) is 0. The molecular weight excluding hydrogens is 280 g/mol. The van der Waals surface area contributed by atoms with Gasteiger partial charge in [0, 0.05) is 11.7 Å². The highest BCUT2D eigenvalue weighted by Crippen LogP contribution is 2.17. The van der Waals surface area contributed by atoms with E-state index in [1.807, 2.05) is 30.3 Å². The highest BCUT2D eigenvalue weighted by molar-refractivity contribution is 5.93. The van der Waals surface area contributed by atoms with Crippen molar-refractivity contribution in [2.75, 3.05) is 0 Å². The third-order valence-electron chi connectivity index (χ3n) is 3.44. The Morgan fingerprint density at radius 2 is 1.91 bits per heavy atom. The molecular formula is C17H20N2O3. The summed E-state index contributed by atoms with van der Waals surface area (Å²) in [6, 6.07) is 12.2. The molecule has 2 rings (SSSR count). The van der Waals surface area contributed by atoms with Crippen LogP contribution in [0.3, 0.4) is 0 Å². The van der Waals surface area contributed by atoms with E-state index in [1.54, 1.807) is 19.9 Å². The normalized spacial score (nSPS) is 13.4. The molecule has 0 radical (unpaired) electrons. The van der Waals surface area contributed by atoms with Crippen LogP contribution in [-0.4, -0.2) is 22.0 Å². The van der Waals surface area contributed by atoms with Crippen LogP contribution in [0.4, 0.5) is 0 Å². The molecule has 0 aliphatic carbocycles. The van der Waals surface area contributed by atoms with Gasteiger partial charge in [-0.15, -0.1) is 0 Å². The molecule has 0 saturated carbocycles. The zero-order valence-corrected chi connectivity index (χ0v) is 12.7. The highest BCUT2D eigenvalue weighted by Gasteiger charge is 2.16. The van der Waals surface area contributed by atoms with Crippen LogP contribution >= 0.6 is 0 Å². The van der Waals surface area contributed by atoms with Crippen LogP contribution in [0.25, 0.3) is 0 Å². The molecule has 22 heavy (non-hydrogen) atoms. The quantitative estimate of drug-likeness (QED) is 0.789. The molecule has 0 bridgehead atoms. The third kappa shape index (κ3) is 4.05. The molecule has 5 nitrogen and oxygen atoms in total. The topological polar surface area (TPSA) is 82.2 Å². The van der Waals surface area contributed by atoms with Crippen molar-refractivity contribution in [1.82, 2.24) is 10.3 Å². The number of hydrogen-bond acceptors (Lipinski definition) is 3. The zero-order valence-electron chi connectivity index (χ0n) is 12.7. The lowest BCUT2D eigenvalue weighted by atomic mass is 10.0. The molecule has 1 aromatic carbocycles. The van der Waals surface area contributed by atoms with Gasteiger partial charge in [-0.25, -0.2) is 0 Å². The van der Waals surface area contributed by atoms with E-state index in [9.17, 15) is 14.7 Å². The summed E-state index contributed by atoms with van der Waals surface area (Å²) in [5, 5.41) is 12.9. The molecule has 2 atom stereocenters. The van der Waals surface area contributed by atoms with Gasteiger partial charge in [0.15, 0.2) is 0 Å². The van der Waals surface area contributed by atoms with Crippen molar-refractivity contribution in [2.45, 2.75) is 32.4 Å². The second kappa shape index (κ2) is 7.04. The Kier molecular flexibility index (Phi) is 5.12. The van der Waals surface area contributed by atoms with Crippen molar-refractivity contribution in [3.63, 3.8) is 0 Å². The summed E-state index contributed by atoms with van der Waals surface area (Å²) in [4.78, 5) is 26.4. The minimum atomic E-state index is -0.659. The average molecular weight is 300 g/mol. The van der Waals surface area contributed by atoms with Gasteiger partial charge in [-0.1, -0.05) is 30.3 Å². The number of aryl methyl sites for hydroxylation is 1. The van der Waals surface area contributed by atoms with Gasteiger partial charge in [0.1, 0.15) is 5.56 Å². The SMILES string of the molecule is Cc1ccc(C(=O)NC(C)CC(O)c2ccccc2)c(=O)[nH]1. The molecule has 0 aliphatic rings. The number of hydrogen-bond donors (Lipinski definition) is 3. The van der Waals surface area contributed by atoms with Crippen LogP contribution in [0.2, 0.25) is 0 Å². The maximum absolute atomic E-state index is 12.1. The zero-order chi connectivity index (χ0) is 16.1. The Hall–Kier alpha value is -2.40. The fourth-order valence-corrected chi connectivity index (χ4v) is 2.26. The van der Waals surface area contributed by atoms with Crippen molar-refractivity contribution < 1.29 is 9.90 Å². The van der Waals surface area contributed by atoms with Gasteiger partial charge in [-0.05, 0) is 38.0 Å². The summed E-state index contributed by atoms with van der Waals surface area (Å²) in [5.41, 5.74) is 1.17. The Morgan fingerprint density at radius 3 is 2.55 bits per heavy atom. The van der Waals surface area contributed by atoms with Crippen LogP contribution in [0.5, 0.6) is 0 Å². The summed E-state index contributed by atoms with van der Waals surface area (Å²) in [6.45, 7) is 3.55. The predicted molar refractivity (Wildman–Crippen MR) is 84.7 cm³/mol. The summed E-state index contributed by atoms with van der Waals surface area (Å²) in [5.74, 6) is -0.436. The van der Waals surface area contributed by atoms with Crippen LogP contribution in [0, 0.1) is 6.92 Å². The monoisotopic (exact) mass is 300 g/mol. The van der Waals surface area contributed by atoms with Gasteiger partial charge in [-0.2, -0.15) is 0 Å². The molecule has 5 heteroatoms. The van der Waals surface area contributed by atoms with E-state index in [1.165, 1.54) is 6.07 Å². The number of H-pyrrole nitrogens is 1. The summed E-state index contributed by atoms with van der Waals surface area (Å²) in [6.07, 6.45) is -0.285. The van der Waals surface area contributed by atoms with Crippen molar-refractivity contribution in [3.8, 4) is 0 Å². The van der Waals surface area contributed by atoms with Gasteiger partial charge < -0.3 is 15.4 Å².